The van der Waals surface area contributed by atoms with Gasteiger partial charge in [-0.15, -0.1) is 11.8 Å². The SMILES string of the molecule is CC(=O)Nc1ccc(NC(=O)CN2C(=O)N(Cc3ccc(C)c(C)c3)C(=O)C3SC=CC32)cc1. The molecule has 2 heterocycles. The van der Waals surface area contributed by atoms with E-state index >= 15 is 0 Å². The van der Waals surface area contributed by atoms with E-state index in [4.69, 9.17) is 0 Å². The van der Waals surface area contributed by atoms with E-state index in [0.717, 1.165) is 16.7 Å². The van der Waals surface area contributed by atoms with Gasteiger partial charge < -0.3 is 15.5 Å². The van der Waals surface area contributed by atoms with Gasteiger partial charge >= 0.3 is 6.03 Å². The average Bonchev–Trinajstić information content (AvgIpc) is 3.28. The Bertz CT molecular complexity index is 1180. The van der Waals surface area contributed by atoms with Crippen molar-refractivity contribution >= 4 is 46.9 Å². The summed E-state index contributed by atoms with van der Waals surface area (Å²) in [6.07, 6.45) is 1.80. The zero-order chi connectivity index (χ0) is 24.4. The standard InChI is InChI=1S/C25H26N4O4S/c1-15-4-5-18(12-16(15)2)13-29-24(32)23-21(10-11-34-23)28(25(29)33)14-22(31)27-20-8-6-19(7-9-20)26-17(3)30/h4-12,21,23H,13-14H2,1-3H3,(H,26,30)(H,27,31). The highest BCUT2D eigenvalue weighted by atomic mass is 32.2. The molecular formula is C25H26N4O4S. The first-order valence-electron chi connectivity index (χ1n) is 10.9. The summed E-state index contributed by atoms with van der Waals surface area (Å²) in [6.45, 7) is 5.39. The largest absolute Gasteiger partial charge is 0.328 e. The van der Waals surface area contributed by atoms with Gasteiger partial charge in [-0.05, 0) is 60.2 Å². The van der Waals surface area contributed by atoms with Crippen molar-refractivity contribution in [3.63, 3.8) is 0 Å². The summed E-state index contributed by atoms with van der Waals surface area (Å²) < 4.78 is 0. The number of imide groups is 1. The fourth-order valence-corrected chi connectivity index (χ4v) is 5.06. The first-order valence-corrected chi connectivity index (χ1v) is 11.8. The Hall–Kier alpha value is -3.59. The molecule has 5 amide bonds. The van der Waals surface area contributed by atoms with Gasteiger partial charge in [0.15, 0.2) is 0 Å². The van der Waals surface area contributed by atoms with Crippen LogP contribution in [0.2, 0.25) is 0 Å². The molecule has 0 spiro atoms. The number of amides is 5. The predicted molar refractivity (Wildman–Crippen MR) is 132 cm³/mol. The lowest BCUT2D eigenvalue weighted by Crippen LogP contribution is -2.62. The van der Waals surface area contributed by atoms with Gasteiger partial charge in [-0.3, -0.25) is 19.3 Å². The zero-order valence-corrected chi connectivity index (χ0v) is 20.0. The molecule has 2 aromatic rings. The first-order chi connectivity index (χ1) is 16.2. The number of aryl methyl sites for hydroxylation is 2. The number of rotatable bonds is 6. The lowest BCUT2D eigenvalue weighted by Gasteiger charge is -2.41. The number of carbonyl (C=O) groups excluding carboxylic acids is 4. The fourth-order valence-electron chi connectivity index (χ4n) is 3.99. The van der Waals surface area contributed by atoms with Gasteiger partial charge in [0.2, 0.25) is 17.7 Å². The van der Waals surface area contributed by atoms with Crippen molar-refractivity contribution in [3.05, 3.63) is 70.6 Å². The van der Waals surface area contributed by atoms with Crippen molar-refractivity contribution in [3.8, 4) is 0 Å². The molecular weight excluding hydrogens is 452 g/mol. The van der Waals surface area contributed by atoms with Crippen LogP contribution in [0, 0.1) is 13.8 Å². The minimum Gasteiger partial charge on any atom is -0.326 e. The molecule has 2 aliphatic heterocycles. The Balaban J connectivity index is 1.48. The third-order valence-electron chi connectivity index (χ3n) is 5.87. The molecule has 2 unspecified atom stereocenters. The lowest BCUT2D eigenvalue weighted by molar-refractivity contribution is -0.133. The monoisotopic (exact) mass is 478 g/mol. The van der Waals surface area contributed by atoms with Crippen LogP contribution in [0.5, 0.6) is 0 Å². The van der Waals surface area contributed by atoms with Crippen LogP contribution in [0.15, 0.2) is 53.9 Å². The van der Waals surface area contributed by atoms with E-state index in [-0.39, 0.29) is 30.8 Å². The zero-order valence-electron chi connectivity index (χ0n) is 19.2. The molecule has 176 valence electrons. The van der Waals surface area contributed by atoms with Gasteiger partial charge in [-0.25, -0.2) is 4.79 Å². The maximum atomic E-state index is 13.3. The Labute approximate surface area is 202 Å². The van der Waals surface area contributed by atoms with Crippen LogP contribution in [0.4, 0.5) is 16.2 Å². The molecule has 1 saturated heterocycles. The highest BCUT2D eigenvalue weighted by Crippen LogP contribution is 2.35. The second-order valence-electron chi connectivity index (χ2n) is 8.44. The third kappa shape index (κ3) is 4.99. The minimum absolute atomic E-state index is 0.158. The minimum atomic E-state index is -0.479. The summed E-state index contributed by atoms with van der Waals surface area (Å²) in [6, 6.07) is 11.6. The summed E-state index contributed by atoms with van der Waals surface area (Å²) in [5.41, 5.74) is 4.25. The molecule has 0 saturated carbocycles. The maximum absolute atomic E-state index is 13.3. The van der Waals surface area contributed by atoms with Crippen LogP contribution in [0.1, 0.15) is 23.6 Å². The van der Waals surface area contributed by atoms with E-state index < -0.39 is 17.3 Å². The van der Waals surface area contributed by atoms with E-state index in [9.17, 15) is 19.2 Å². The van der Waals surface area contributed by atoms with Gasteiger partial charge in [0.05, 0.1) is 12.6 Å². The number of nitrogens with zero attached hydrogens (tertiary/aromatic N) is 2. The van der Waals surface area contributed by atoms with Crippen LogP contribution in [0.3, 0.4) is 0 Å². The van der Waals surface area contributed by atoms with Gasteiger partial charge in [0.1, 0.15) is 11.8 Å². The Morgan fingerprint density at radius 2 is 1.65 bits per heavy atom. The third-order valence-corrected chi connectivity index (χ3v) is 6.96. The lowest BCUT2D eigenvalue weighted by atomic mass is 10.0. The molecule has 0 aliphatic carbocycles. The van der Waals surface area contributed by atoms with E-state index in [2.05, 4.69) is 10.6 Å². The van der Waals surface area contributed by atoms with Crippen molar-refractivity contribution in [1.29, 1.82) is 0 Å². The molecule has 2 N–H and O–H groups in total. The second kappa shape index (κ2) is 9.72. The number of thioether (sulfide) groups is 1. The summed E-state index contributed by atoms with van der Waals surface area (Å²) in [5.74, 6) is -0.795. The average molecular weight is 479 g/mol. The molecule has 2 atom stereocenters. The molecule has 8 nitrogen and oxygen atoms in total. The molecule has 1 fully saturated rings. The molecule has 9 heteroatoms. The number of benzene rings is 2. The Kier molecular flexibility index (Phi) is 6.74. The normalized spacial score (nSPS) is 19.3. The fraction of sp³-hybridized carbons (Fsp3) is 0.280. The number of urea groups is 1. The van der Waals surface area contributed by atoms with Gasteiger partial charge in [0, 0.05) is 18.3 Å². The van der Waals surface area contributed by atoms with Crippen molar-refractivity contribution in [2.75, 3.05) is 17.2 Å². The summed E-state index contributed by atoms with van der Waals surface area (Å²) >= 11 is 1.37. The molecule has 2 aromatic carbocycles. The van der Waals surface area contributed by atoms with Gasteiger partial charge in [-0.1, -0.05) is 24.3 Å². The van der Waals surface area contributed by atoms with Crippen molar-refractivity contribution in [2.45, 2.75) is 38.6 Å². The number of hydrogen-bond donors (Lipinski definition) is 2. The Morgan fingerprint density at radius 1 is 0.971 bits per heavy atom. The number of carbonyl (C=O) groups is 4. The topological polar surface area (TPSA) is 98.8 Å². The number of nitrogens with one attached hydrogen (secondary N) is 2. The molecule has 0 bridgehead atoms. The number of hydrogen-bond acceptors (Lipinski definition) is 5. The van der Waals surface area contributed by atoms with E-state index in [1.165, 1.54) is 28.5 Å². The smallest absolute Gasteiger partial charge is 0.326 e. The summed E-state index contributed by atoms with van der Waals surface area (Å²) in [7, 11) is 0. The summed E-state index contributed by atoms with van der Waals surface area (Å²) in [4.78, 5) is 53.1. The van der Waals surface area contributed by atoms with Crippen LogP contribution < -0.4 is 10.6 Å². The van der Waals surface area contributed by atoms with Crippen LogP contribution in [0.25, 0.3) is 0 Å². The van der Waals surface area contributed by atoms with E-state index in [1.807, 2.05) is 37.5 Å². The highest BCUT2D eigenvalue weighted by molar-refractivity contribution is 8.03. The van der Waals surface area contributed by atoms with Gasteiger partial charge in [0.25, 0.3) is 0 Å². The van der Waals surface area contributed by atoms with Crippen molar-refractivity contribution in [2.24, 2.45) is 0 Å². The summed E-state index contributed by atoms with van der Waals surface area (Å²) in [5, 5.41) is 6.79. The molecule has 0 aromatic heterocycles. The van der Waals surface area contributed by atoms with Crippen LogP contribution >= 0.6 is 11.8 Å². The molecule has 0 radical (unpaired) electrons. The van der Waals surface area contributed by atoms with Gasteiger partial charge in [-0.2, -0.15) is 0 Å². The van der Waals surface area contributed by atoms with Crippen molar-refractivity contribution in [1.82, 2.24) is 9.80 Å². The van der Waals surface area contributed by atoms with E-state index in [0.29, 0.717) is 11.4 Å². The van der Waals surface area contributed by atoms with Crippen molar-refractivity contribution < 1.29 is 19.2 Å². The molecule has 34 heavy (non-hydrogen) atoms. The second-order valence-corrected chi connectivity index (χ2v) is 9.49. The highest BCUT2D eigenvalue weighted by Gasteiger charge is 2.47. The van der Waals surface area contributed by atoms with E-state index in [1.54, 1.807) is 30.3 Å². The first kappa shape index (κ1) is 23.6. The van der Waals surface area contributed by atoms with Crippen LogP contribution in [-0.2, 0) is 20.9 Å². The predicted octanol–water partition coefficient (Wildman–Crippen LogP) is 3.66. The van der Waals surface area contributed by atoms with Crippen LogP contribution in [-0.4, -0.2) is 51.4 Å². The molecule has 4 rings (SSSR count). The number of fused-ring (bicyclic) bond motifs is 1. The molecule has 2 aliphatic rings. The Morgan fingerprint density at radius 3 is 2.29 bits per heavy atom. The number of anilines is 2. The maximum Gasteiger partial charge on any atom is 0.328 e. The quantitative estimate of drug-likeness (QED) is 0.660.